The number of anilines is 1. The summed E-state index contributed by atoms with van der Waals surface area (Å²) in [6.07, 6.45) is 0. The maximum Gasteiger partial charge on any atom is 0.332 e. The van der Waals surface area contributed by atoms with E-state index in [0.717, 1.165) is 30.7 Å². The lowest BCUT2D eigenvalue weighted by Crippen LogP contribution is -2.45. The van der Waals surface area contributed by atoms with Crippen molar-refractivity contribution in [2.24, 2.45) is 14.1 Å². The Morgan fingerprint density at radius 1 is 1.04 bits per heavy atom. The number of aromatic nitrogens is 4. The van der Waals surface area contributed by atoms with E-state index < -0.39 is 17.3 Å². The Kier molecular flexibility index (Phi) is 4.28. The van der Waals surface area contributed by atoms with E-state index in [2.05, 4.69) is 21.8 Å². The molecule has 25 heavy (non-hydrogen) atoms. The molecule has 9 nitrogen and oxygen atoms in total. The summed E-state index contributed by atoms with van der Waals surface area (Å²) in [4.78, 5) is 45.9. The molecule has 1 fully saturated rings. The molecule has 0 radical (unpaired) electrons. The van der Waals surface area contributed by atoms with Gasteiger partial charge in [-0.05, 0) is 20.9 Å². The zero-order chi connectivity index (χ0) is 18.5. The van der Waals surface area contributed by atoms with Crippen LogP contribution < -0.4 is 16.1 Å². The number of hydrogen-bond donors (Lipinski definition) is 0. The molecule has 3 heterocycles. The second-order valence-electron chi connectivity index (χ2n) is 6.74. The van der Waals surface area contributed by atoms with E-state index in [1.807, 2.05) is 0 Å². The molecule has 9 heteroatoms. The van der Waals surface area contributed by atoms with E-state index in [9.17, 15) is 14.4 Å². The highest BCUT2D eigenvalue weighted by Crippen LogP contribution is 2.25. The Morgan fingerprint density at radius 2 is 1.64 bits per heavy atom. The lowest BCUT2D eigenvalue weighted by atomic mass is 10.2. The summed E-state index contributed by atoms with van der Waals surface area (Å²) in [5.41, 5.74) is -0.252. The van der Waals surface area contributed by atoms with Crippen LogP contribution in [0.2, 0.25) is 0 Å². The van der Waals surface area contributed by atoms with Crippen molar-refractivity contribution in [3.05, 3.63) is 20.8 Å². The van der Waals surface area contributed by atoms with E-state index in [-0.39, 0.29) is 5.78 Å². The van der Waals surface area contributed by atoms with Crippen molar-refractivity contribution in [2.45, 2.75) is 19.9 Å². The molecule has 0 saturated carbocycles. The van der Waals surface area contributed by atoms with Gasteiger partial charge in [0.25, 0.3) is 5.56 Å². The van der Waals surface area contributed by atoms with Gasteiger partial charge in [-0.3, -0.25) is 23.3 Å². The van der Waals surface area contributed by atoms with Crippen LogP contribution in [0.25, 0.3) is 11.2 Å². The molecular formula is C16H24N6O3. The Balaban J connectivity index is 2.33. The summed E-state index contributed by atoms with van der Waals surface area (Å²) in [7, 11) is 5.08. The van der Waals surface area contributed by atoms with Gasteiger partial charge in [-0.1, -0.05) is 0 Å². The molecule has 1 unspecified atom stereocenters. The fourth-order valence-corrected chi connectivity index (χ4v) is 3.18. The smallest absolute Gasteiger partial charge is 0.332 e. The summed E-state index contributed by atoms with van der Waals surface area (Å²) < 4.78 is 4.10. The van der Waals surface area contributed by atoms with Gasteiger partial charge in [0.15, 0.2) is 16.9 Å². The number of aryl methyl sites for hydroxylation is 1. The predicted molar refractivity (Wildman–Crippen MR) is 95.3 cm³/mol. The number of imidazole rings is 1. The summed E-state index contributed by atoms with van der Waals surface area (Å²) in [5.74, 6) is 0.509. The van der Waals surface area contributed by atoms with Gasteiger partial charge in [-0.25, -0.2) is 4.79 Å². The Morgan fingerprint density at radius 3 is 2.20 bits per heavy atom. The van der Waals surface area contributed by atoms with Crippen LogP contribution in [0.1, 0.15) is 19.9 Å². The van der Waals surface area contributed by atoms with Crippen molar-refractivity contribution >= 4 is 22.9 Å². The van der Waals surface area contributed by atoms with Crippen molar-refractivity contribution in [3.8, 4) is 0 Å². The van der Waals surface area contributed by atoms with Crippen molar-refractivity contribution in [3.63, 3.8) is 0 Å². The number of hydrogen-bond acceptors (Lipinski definition) is 6. The van der Waals surface area contributed by atoms with Crippen LogP contribution in [0, 0.1) is 0 Å². The van der Waals surface area contributed by atoms with Gasteiger partial charge in [-0.2, -0.15) is 4.98 Å². The molecule has 0 N–H and O–H groups in total. The second kappa shape index (κ2) is 6.14. The minimum atomic E-state index is -0.537. The fourth-order valence-electron chi connectivity index (χ4n) is 3.18. The number of piperazine rings is 1. The normalized spacial score (nSPS) is 17.2. The number of carbonyl (C=O) groups excluding carboxylic acids is 1. The number of likely N-dealkylation sites (N-methyl/N-ethyl adjacent to an activating group) is 1. The highest BCUT2D eigenvalue weighted by molar-refractivity contribution is 5.84. The van der Waals surface area contributed by atoms with Gasteiger partial charge in [0, 0.05) is 40.3 Å². The number of fused-ring (bicyclic) bond motifs is 1. The van der Waals surface area contributed by atoms with Gasteiger partial charge in [0.05, 0.1) is 6.04 Å². The lowest BCUT2D eigenvalue weighted by molar-refractivity contribution is -0.119. The maximum absolute atomic E-state index is 12.7. The van der Waals surface area contributed by atoms with Crippen LogP contribution in [-0.2, 0) is 18.9 Å². The monoisotopic (exact) mass is 348 g/mol. The average Bonchev–Trinajstić information content (AvgIpc) is 2.98. The number of ketones is 1. The molecule has 2 aromatic heterocycles. The molecule has 0 aromatic carbocycles. The predicted octanol–water partition coefficient (Wildman–Crippen LogP) is -0.664. The largest absolute Gasteiger partial charge is 0.340 e. The average molecular weight is 348 g/mol. The van der Waals surface area contributed by atoms with Gasteiger partial charge >= 0.3 is 5.69 Å². The minimum Gasteiger partial charge on any atom is -0.340 e. The molecule has 0 spiro atoms. The summed E-state index contributed by atoms with van der Waals surface area (Å²) in [6.45, 7) is 6.49. The Hall–Kier alpha value is -2.42. The minimum absolute atomic E-state index is 0.0643. The summed E-state index contributed by atoms with van der Waals surface area (Å²) in [5, 5.41) is 0. The molecule has 0 aliphatic carbocycles. The second-order valence-corrected chi connectivity index (χ2v) is 6.74. The van der Waals surface area contributed by atoms with Gasteiger partial charge in [0.2, 0.25) is 5.95 Å². The van der Waals surface area contributed by atoms with E-state index >= 15 is 0 Å². The SMILES string of the molecule is CC(=O)C(C)n1c(N2CCN(C)CC2)nc2c1c(=O)n(C)c(=O)n2C. The topological polar surface area (TPSA) is 85.4 Å². The molecule has 1 aliphatic heterocycles. The highest BCUT2D eigenvalue weighted by atomic mass is 16.2. The van der Waals surface area contributed by atoms with Crippen LogP contribution in [0.4, 0.5) is 5.95 Å². The fraction of sp³-hybridized carbons (Fsp3) is 0.625. The molecule has 1 atom stereocenters. The first kappa shape index (κ1) is 17.4. The first-order valence-electron chi connectivity index (χ1n) is 8.36. The van der Waals surface area contributed by atoms with E-state index in [1.54, 1.807) is 18.5 Å². The number of carbonyl (C=O) groups is 1. The Labute approximate surface area is 145 Å². The summed E-state index contributed by atoms with van der Waals surface area (Å²) >= 11 is 0. The standard InChI is InChI=1S/C16H24N6O3/c1-10(11(2)23)22-12-13(19(4)16(25)20(5)14(12)24)17-15(22)21-8-6-18(3)7-9-21/h10H,6-9H2,1-5H3. The van der Waals surface area contributed by atoms with Crippen LogP contribution in [0.5, 0.6) is 0 Å². The molecule has 3 rings (SSSR count). The quantitative estimate of drug-likeness (QED) is 0.732. The lowest BCUT2D eigenvalue weighted by Gasteiger charge is -2.33. The van der Waals surface area contributed by atoms with E-state index in [1.165, 1.54) is 18.5 Å². The van der Waals surface area contributed by atoms with Crippen LogP contribution in [0.15, 0.2) is 9.59 Å². The third-order valence-electron chi connectivity index (χ3n) is 5.03. The summed E-state index contributed by atoms with van der Waals surface area (Å²) in [6, 6.07) is -0.537. The molecule has 1 aliphatic rings. The molecule has 0 amide bonds. The molecular weight excluding hydrogens is 324 g/mol. The van der Waals surface area contributed by atoms with Crippen molar-refractivity contribution in [1.29, 1.82) is 0 Å². The van der Waals surface area contributed by atoms with Crippen molar-refractivity contribution in [1.82, 2.24) is 23.6 Å². The van der Waals surface area contributed by atoms with E-state index in [4.69, 9.17) is 0 Å². The van der Waals surface area contributed by atoms with Crippen LogP contribution >= 0.6 is 0 Å². The first-order chi connectivity index (χ1) is 11.7. The molecule has 136 valence electrons. The molecule has 1 saturated heterocycles. The van der Waals surface area contributed by atoms with Crippen LogP contribution in [0.3, 0.4) is 0 Å². The van der Waals surface area contributed by atoms with Gasteiger partial charge < -0.3 is 9.80 Å². The molecule has 2 aromatic rings. The highest BCUT2D eigenvalue weighted by Gasteiger charge is 2.28. The van der Waals surface area contributed by atoms with Gasteiger partial charge in [-0.15, -0.1) is 0 Å². The van der Waals surface area contributed by atoms with Gasteiger partial charge in [0.1, 0.15) is 0 Å². The first-order valence-corrected chi connectivity index (χ1v) is 8.36. The van der Waals surface area contributed by atoms with Crippen molar-refractivity contribution in [2.75, 3.05) is 38.1 Å². The third-order valence-corrected chi connectivity index (χ3v) is 5.03. The van der Waals surface area contributed by atoms with Crippen molar-refractivity contribution < 1.29 is 4.79 Å². The molecule has 0 bridgehead atoms. The zero-order valence-electron chi connectivity index (χ0n) is 15.3. The zero-order valence-corrected chi connectivity index (χ0v) is 15.3. The number of nitrogens with zero attached hydrogens (tertiary/aromatic N) is 6. The third kappa shape index (κ3) is 2.68. The van der Waals surface area contributed by atoms with E-state index in [0.29, 0.717) is 17.1 Å². The number of Topliss-reactive ketones (excluding diaryl/α,β-unsaturated/α-hetero) is 1. The van der Waals surface area contributed by atoms with Crippen LogP contribution in [-0.4, -0.2) is 62.6 Å². The maximum atomic E-state index is 12.7. The Bertz CT molecular complexity index is 945. The number of rotatable bonds is 3.